The van der Waals surface area contributed by atoms with Gasteiger partial charge in [-0.2, -0.15) is 0 Å². The smallest absolute Gasteiger partial charge is 0.161 e. The van der Waals surface area contributed by atoms with E-state index < -0.39 is 0 Å². The highest BCUT2D eigenvalue weighted by atomic mass is 79.9. The Labute approximate surface area is 198 Å². The van der Waals surface area contributed by atoms with Crippen molar-refractivity contribution < 1.29 is 18.9 Å². The molecule has 168 valence electrons. The number of methoxy groups -OCH3 is 4. The molecule has 0 bridgehead atoms. The van der Waals surface area contributed by atoms with Crippen LogP contribution >= 0.6 is 15.9 Å². The minimum atomic E-state index is 0.00735. The number of benzene rings is 3. The normalized spacial score (nSPS) is 15.7. The van der Waals surface area contributed by atoms with Crippen LogP contribution in [0, 0.1) is 0 Å². The van der Waals surface area contributed by atoms with E-state index in [4.69, 9.17) is 18.9 Å². The molecule has 1 heterocycles. The molecule has 0 aliphatic carbocycles. The molecule has 4 rings (SSSR count). The average molecular weight is 498 g/mol. The van der Waals surface area contributed by atoms with Crippen LogP contribution in [0.15, 0.2) is 59.1 Å². The second kappa shape index (κ2) is 9.84. The summed E-state index contributed by atoms with van der Waals surface area (Å²) in [6, 6.07) is 18.8. The van der Waals surface area contributed by atoms with Crippen molar-refractivity contribution >= 4 is 15.9 Å². The van der Waals surface area contributed by atoms with Crippen molar-refractivity contribution in [1.29, 1.82) is 0 Å². The van der Waals surface area contributed by atoms with Gasteiger partial charge in [-0.25, -0.2) is 0 Å². The fourth-order valence-electron chi connectivity index (χ4n) is 4.43. The maximum atomic E-state index is 5.65. The van der Waals surface area contributed by atoms with Gasteiger partial charge in [-0.3, -0.25) is 4.90 Å². The van der Waals surface area contributed by atoms with Crippen molar-refractivity contribution in [3.8, 4) is 23.0 Å². The number of hydrogen-bond acceptors (Lipinski definition) is 5. The van der Waals surface area contributed by atoms with Gasteiger partial charge in [0.15, 0.2) is 23.0 Å². The number of fused-ring (bicyclic) bond motifs is 1. The summed E-state index contributed by atoms with van der Waals surface area (Å²) < 4.78 is 23.3. The molecule has 0 amide bonds. The SMILES string of the molecule is COc1cc(Br)c([C@H]2c3cc(OC)c(OC)cc3CCN2Cc2ccccc2)cc1OC. The molecular formula is C26H28BrNO4. The maximum absolute atomic E-state index is 5.65. The van der Waals surface area contributed by atoms with Crippen LogP contribution in [0.3, 0.4) is 0 Å². The van der Waals surface area contributed by atoms with Gasteiger partial charge < -0.3 is 18.9 Å². The molecule has 0 aromatic heterocycles. The van der Waals surface area contributed by atoms with Crippen molar-refractivity contribution in [3.05, 3.63) is 81.3 Å². The van der Waals surface area contributed by atoms with Crippen LogP contribution < -0.4 is 18.9 Å². The first kappa shape index (κ1) is 22.5. The molecule has 0 saturated carbocycles. The predicted octanol–water partition coefficient (Wildman–Crippen LogP) is 5.63. The van der Waals surface area contributed by atoms with Crippen molar-refractivity contribution in [2.24, 2.45) is 0 Å². The van der Waals surface area contributed by atoms with Gasteiger partial charge in [0, 0.05) is 17.6 Å². The molecule has 0 N–H and O–H groups in total. The topological polar surface area (TPSA) is 40.2 Å². The van der Waals surface area contributed by atoms with Crippen molar-refractivity contribution in [3.63, 3.8) is 0 Å². The van der Waals surface area contributed by atoms with Gasteiger partial charge in [-0.1, -0.05) is 46.3 Å². The van der Waals surface area contributed by atoms with E-state index >= 15 is 0 Å². The third-order valence-electron chi connectivity index (χ3n) is 6.00. The van der Waals surface area contributed by atoms with Gasteiger partial charge in [-0.15, -0.1) is 0 Å². The van der Waals surface area contributed by atoms with Crippen LogP contribution in [-0.4, -0.2) is 39.9 Å². The third kappa shape index (κ3) is 4.30. The van der Waals surface area contributed by atoms with E-state index in [2.05, 4.69) is 69.4 Å². The maximum Gasteiger partial charge on any atom is 0.161 e. The van der Waals surface area contributed by atoms with E-state index in [-0.39, 0.29) is 6.04 Å². The second-order valence-electron chi connectivity index (χ2n) is 7.74. The lowest BCUT2D eigenvalue weighted by molar-refractivity contribution is 0.202. The van der Waals surface area contributed by atoms with Crippen molar-refractivity contribution in [1.82, 2.24) is 4.90 Å². The first-order valence-electron chi connectivity index (χ1n) is 10.5. The molecule has 0 fully saturated rings. The van der Waals surface area contributed by atoms with Crippen LogP contribution in [0.25, 0.3) is 0 Å². The van der Waals surface area contributed by atoms with E-state index in [9.17, 15) is 0 Å². The summed E-state index contributed by atoms with van der Waals surface area (Å²) in [5.41, 5.74) is 4.86. The lowest BCUT2D eigenvalue weighted by Crippen LogP contribution is -2.36. The molecule has 3 aromatic carbocycles. The predicted molar refractivity (Wildman–Crippen MR) is 129 cm³/mol. The Balaban J connectivity index is 1.88. The Bertz CT molecular complexity index is 1090. The Kier molecular flexibility index (Phi) is 6.92. The second-order valence-corrected chi connectivity index (χ2v) is 8.60. The summed E-state index contributed by atoms with van der Waals surface area (Å²) >= 11 is 3.80. The van der Waals surface area contributed by atoms with Crippen LogP contribution in [0.1, 0.15) is 28.3 Å². The third-order valence-corrected chi connectivity index (χ3v) is 6.69. The summed E-state index contributed by atoms with van der Waals surface area (Å²) in [6.07, 6.45) is 0.934. The molecule has 32 heavy (non-hydrogen) atoms. The van der Waals surface area contributed by atoms with Gasteiger partial charge in [0.1, 0.15) is 0 Å². The molecular weight excluding hydrogens is 470 g/mol. The summed E-state index contributed by atoms with van der Waals surface area (Å²) in [6.45, 7) is 1.75. The number of halogens is 1. The van der Waals surface area contributed by atoms with Gasteiger partial charge in [-0.05, 0) is 52.9 Å². The molecule has 1 atom stereocenters. The summed E-state index contributed by atoms with van der Waals surface area (Å²) in [5, 5.41) is 0. The van der Waals surface area contributed by atoms with Gasteiger partial charge >= 0.3 is 0 Å². The fourth-order valence-corrected chi connectivity index (χ4v) is 4.97. The zero-order valence-corrected chi connectivity index (χ0v) is 20.4. The number of hydrogen-bond donors (Lipinski definition) is 0. The first-order chi connectivity index (χ1) is 15.6. The zero-order chi connectivity index (χ0) is 22.7. The highest BCUT2D eigenvalue weighted by Crippen LogP contribution is 2.45. The molecule has 0 radical (unpaired) electrons. The Morgan fingerprint density at radius 3 is 1.97 bits per heavy atom. The van der Waals surface area contributed by atoms with Gasteiger partial charge in [0.05, 0.1) is 34.5 Å². The van der Waals surface area contributed by atoms with E-state index in [0.29, 0.717) is 11.5 Å². The molecule has 5 nitrogen and oxygen atoms in total. The van der Waals surface area contributed by atoms with Crippen LogP contribution in [0.5, 0.6) is 23.0 Å². The van der Waals surface area contributed by atoms with E-state index in [0.717, 1.165) is 41.0 Å². The summed E-state index contributed by atoms with van der Waals surface area (Å²) in [5.74, 6) is 2.89. The van der Waals surface area contributed by atoms with Crippen molar-refractivity contribution in [2.75, 3.05) is 35.0 Å². The zero-order valence-electron chi connectivity index (χ0n) is 18.9. The van der Waals surface area contributed by atoms with E-state index in [1.54, 1.807) is 28.4 Å². The van der Waals surface area contributed by atoms with Crippen LogP contribution in [0.2, 0.25) is 0 Å². The lowest BCUT2D eigenvalue weighted by Gasteiger charge is -2.39. The fraction of sp³-hybridized carbons (Fsp3) is 0.308. The number of nitrogens with zero attached hydrogens (tertiary/aromatic N) is 1. The number of rotatable bonds is 7. The van der Waals surface area contributed by atoms with E-state index in [1.165, 1.54) is 16.7 Å². The van der Waals surface area contributed by atoms with Gasteiger partial charge in [0.2, 0.25) is 0 Å². The Morgan fingerprint density at radius 2 is 1.34 bits per heavy atom. The molecule has 0 unspecified atom stereocenters. The monoisotopic (exact) mass is 497 g/mol. The minimum absolute atomic E-state index is 0.00735. The van der Waals surface area contributed by atoms with Gasteiger partial charge in [0.25, 0.3) is 0 Å². The average Bonchev–Trinajstić information content (AvgIpc) is 2.83. The molecule has 0 saturated heterocycles. The molecule has 6 heteroatoms. The standard InChI is InChI=1S/C26H28BrNO4/c1-29-22-12-18-10-11-28(16-17-8-6-5-7-9-17)26(19(18)13-23(22)30-2)20-14-24(31-3)25(32-4)15-21(20)27/h5-9,12-15,26H,10-11,16H2,1-4H3/t26-/m1/s1. The summed E-state index contributed by atoms with van der Waals surface area (Å²) in [7, 11) is 6.67. The van der Waals surface area contributed by atoms with E-state index in [1.807, 2.05) is 6.07 Å². The largest absolute Gasteiger partial charge is 0.493 e. The molecule has 1 aliphatic heterocycles. The molecule has 3 aromatic rings. The van der Waals surface area contributed by atoms with Crippen LogP contribution in [-0.2, 0) is 13.0 Å². The molecule has 0 spiro atoms. The first-order valence-corrected chi connectivity index (χ1v) is 11.3. The van der Waals surface area contributed by atoms with Crippen molar-refractivity contribution in [2.45, 2.75) is 19.0 Å². The quantitative estimate of drug-likeness (QED) is 0.422. The highest BCUT2D eigenvalue weighted by Gasteiger charge is 2.32. The van der Waals surface area contributed by atoms with Crippen LogP contribution in [0.4, 0.5) is 0 Å². The highest BCUT2D eigenvalue weighted by molar-refractivity contribution is 9.10. The minimum Gasteiger partial charge on any atom is -0.493 e. The lowest BCUT2D eigenvalue weighted by atomic mass is 9.87. The summed E-state index contributed by atoms with van der Waals surface area (Å²) in [4.78, 5) is 2.50. The Morgan fingerprint density at radius 1 is 0.781 bits per heavy atom. The molecule has 1 aliphatic rings. The number of ether oxygens (including phenoxy) is 4. The Hall–Kier alpha value is -2.70.